The zero-order valence-corrected chi connectivity index (χ0v) is 13.8. The van der Waals surface area contributed by atoms with Crippen LogP contribution in [0, 0.1) is 0 Å². The highest BCUT2D eigenvalue weighted by molar-refractivity contribution is 5.82. The summed E-state index contributed by atoms with van der Waals surface area (Å²) in [5.74, 6) is 0.619. The molecule has 0 bridgehead atoms. The van der Waals surface area contributed by atoms with Gasteiger partial charge >= 0.3 is 5.69 Å². The van der Waals surface area contributed by atoms with E-state index >= 15 is 0 Å². The third kappa shape index (κ3) is 3.13. The molecule has 0 unspecified atom stereocenters. The normalized spacial score (nSPS) is 13.8. The van der Waals surface area contributed by atoms with Crippen LogP contribution in [0.15, 0.2) is 41.3 Å². The average Bonchev–Trinajstić information content (AvgIpc) is 3.38. The number of hydrogen-bond acceptors (Lipinski definition) is 4. The Morgan fingerprint density at radius 3 is 2.76 bits per heavy atom. The molecule has 7 nitrogen and oxygen atoms in total. The summed E-state index contributed by atoms with van der Waals surface area (Å²) in [4.78, 5) is 31.3. The molecule has 2 heterocycles. The molecule has 2 N–H and O–H groups in total. The van der Waals surface area contributed by atoms with Crippen LogP contribution in [0.1, 0.15) is 12.8 Å². The van der Waals surface area contributed by atoms with Gasteiger partial charge in [-0.15, -0.1) is 0 Å². The maximum atomic E-state index is 12.2. The number of nitrogens with zero attached hydrogens (tertiary/aromatic N) is 2. The number of amides is 1. The van der Waals surface area contributed by atoms with Gasteiger partial charge in [-0.1, -0.05) is 12.1 Å². The topological polar surface area (TPSA) is 89.0 Å². The number of hydrogen-bond donors (Lipinski definition) is 2. The molecule has 1 fully saturated rings. The summed E-state index contributed by atoms with van der Waals surface area (Å²) in [6.45, 7) is -0.0108. The number of nitrogens with one attached hydrogen (secondary N) is 2. The molecule has 1 aliphatic rings. The van der Waals surface area contributed by atoms with Gasteiger partial charge < -0.3 is 10.1 Å². The zero-order chi connectivity index (χ0) is 17.4. The first kappa shape index (κ1) is 15.4. The summed E-state index contributed by atoms with van der Waals surface area (Å²) in [6.07, 6.45) is 3.73. The van der Waals surface area contributed by atoms with Gasteiger partial charge in [-0.25, -0.2) is 9.78 Å². The molecule has 1 saturated carbocycles. The van der Waals surface area contributed by atoms with E-state index in [-0.39, 0.29) is 24.2 Å². The molecule has 4 rings (SSSR count). The number of ether oxygens (including phenoxy) is 1. The van der Waals surface area contributed by atoms with Gasteiger partial charge in [0.05, 0.1) is 12.6 Å². The smallest absolute Gasteiger partial charge is 0.328 e. The Morgan fingerprint density at radius 1 is 1.32 bits per heavy atom. The van der Waals surface area contributed by atoms with Gasteiger partial charge in [-0.2, -0.15) is 0 Å². The van der Waals surface area contributed by atoms with Crippen LogP contribution in [0.2, 0.25) is 0 Å². The minimum atomic E-state index is -0.333. The molecule has 1 amide bonds. The Bertz CT molecular complexity index is 984. The largest absolute Gasteiger partial charge is 0.497 e. The highest BCUT2D eigenvalue weighted by atomic mass is 16.5. The van der Waals surface area contributed by atoms with Crippen LogP contribution in [-0.4, -0.2) is 33.6 Å². The molecular weight excluding hydrogens is 320 g/mol. The lowest BCUT2D eigenvalue weighted by atomic mass is 10.1. The SMILES string of the molecule is COc1ccc(-c2cnc3[nH]c(=O)n(CC(=O)NC4CC4)c3c2)cc1. The summed E-state index contributed by atoms with van der Waals surface area (Å²) in [7, 11) is 1.62. The van der Waals surface area contributed by atoms with Gasteiger partial charge in [0.15, 0.2) is 5.65 Å². The Kier molecular flexibility index (Phi) is 3.76. The predicted molar refractivity (Wildman–Crippen MR) is 93.5 cm³/mol. The Labute approximate surface area is 143 Å². The molecule has 0 spiro atoms. The lowest BCUT2D eigenvalue weighted by molar-refractivity contribution is -0.121. The van der Waals surface area contributed by atoms with Crippen LogP contribution in [0.5, 0.6) is 5.75 Å². The number of imidazole rings is 1. The summed E-state index contributed by atoms with van der Waals surface area (Å²) < 4.78 is 6.59. The molecule has 25 heavy (non-hydrogen) atoms. The number of H-pyrrole nitrogens is 1. The molecule has 7 heteroatoms. The number of fused-ring (bicyclic) bond motifs is 1. The molecule has 2 aromatic heterocycles. The standard InChI is InChI=1S/C18H18N4O3/c1-25-14-6-2-11(3-7-14)12-8-15-17(19-9-12)21-18(24)22(15)10-16(23)20-13-4-5-13/h2-3,6-9,13H,4-5,10H2,1H3,(H,20,23)(H,19,21,24). The van der Waals surface area contributed by atoms with Gasteiger partial charge in [-0.3, -0.25) is 14.3 Å². The van der Waals surface area contributed by atoms with E-state index in [0.29, 0.717) is 11.2 Å². The van der Waals surface area contributed by atoms with Crippen molar-refractivity contribution in [3.8, 4) is 16.9 Å². The highest BCUT2D eigenvalue weighted by Gasteiger charge is 2.24. The van der Waals surface area contributed by atoms with Gasteiger partial charge in [-0.05, 0) is 36.6 Å². The predicted octanol–water partition coefficient (Wildman–Crippen LogP) is 1.68. The van der Waals surface area contributed by atoms with E-state index in [1.54, 1.807) is 13.3 Å². The minimum absolute atomic E-state index is 0.0108. The molecule has 1 aliphatic carbocycles. The van der Waals surface area contributed by atoms with Crippen molar-refractivity contribution >= 4 is 17.1 Å². The lowest BCUT2D eigenvalue weighted by Gasteiger charge is -2.06. The summed E-state index contributed by atoms with van der Waals surface area (Å²) >= 11 is 0. The molecule has 0 atom stereocenters. The Morgan fingerprint density at radius 2 is 2.08 bits per heavy atom. The Hall–Kier alpha value is -3.09. The first-order valence-corrected chi connectivity index (χ1v) is 8.16. The van der Waals surface area contributed by atoms with Crippen molar-refractivity contribution in [2.24, 2.45) is 0 Å². The molecular formula is C18H18N4O3. The van der Waals surface area contributed by atoms with Gasteiger partial charge in [0.1, 0.15) is 12.3 Å². The van der Waals surface area contributed by atoms with Crippen LogP contribution in [0.25, 0.3) is 22.3 Å². The van der Waals surface area contributed by atoms with E-state index in [1.165, 1.54) is 4.57 Å². The van der Waals surface area contributed by atoms with Crippen molar-refractivity contribution in [2.45, 2.75) is 25.4 Å². The molecule has 3 aromatic rings. The maximum absolute atomic E-state index is 12.2. The second-order valence-electron chi connectivity index (χ2n) is 6.18. The van der Waals surface area contributed by atoms with Crippen molar-refractivity contribution in [2.75, 3.05) is 7.11 Å². The van der Waals surface area contributed by atoms with E-state index in [4.69, 9.17) is 4.74 Å². The number of carbonyl (C=O) groups excluding carboxylic acids is 1. The lowest BCUT2D eigenvalue weighted by Crippen LogP contribution is -2.32. The third-order valence-electron chi connectivity index (χ3n) is 4.30. The Balaban J connectivity index is 1.69. The van der Waals surface area contributed by atoms with E-state index in [2.05, 4.69) is 15.3 Å². The summed E-state index contributed by atoms with van der Waals surface area (Å²) in [5.41, 5.74) is 2.58. The fraction of sp³-hybridized carbons (Fsp3) is 0.278. The number of pyridine rings is 1. The number of methoxy groups -OCH3 is 1. The maximum Gasteiger partial charge on any atom is 0.328 e. The highest BCUT2D eigenvalue weighted by Crippen LogP contribution is 2.24. The van der Waals surface area contributed by atoms with Gasteiger partial charge in [0, 0.05) is 17.8 Å². The molecule has 1 aromatic carbocycles. The van der Waals surface area contributed by atoms with Crippen LogP contribution < -0.4 is 15.7 Å². The second kappa shape index (κ2) is 6.08. The first-order valence-electron chi connectivity index (χ1n) is 8.16. The van der Waals surface area contributed by atoms with Crippen LogP contribution in [-0.2, 0) is 11.3 Å². The van der Waals surface area contributed by atoms with E-state index in [9.17, 15) is 9.59 Å². The van der Waals surface area contributed by atoms with Crippen molar-refractivity contribution in [1.29, 1.82) is 0 Å². The van der Waals surface area contributed by atoms with Crippen molar-refractivity contribution in [1.82, 2.24) is 19.9 Å². The van der Waals surface area contributed by atoms with Crippen LogP contribution >= 0.6 is 0 Å². The van der Waals surface area contributed by atoms with Crippen molar-refractivity contribution in [3.05, 3.63) is 47.0 Å². The molecule has 0 saturated heterocycles. The molecule has 0 radical (unpaired) electrons. The van der Waals surface area contributed by atoms with Crippen LogP contribution in [0.3, 0.4) is 0 Å². The fourth-order valence-corrected chi connectivity index (χ4v) is 2.78. The second-order valence-corrected chi connectivity index (χ2v) is 6.18. The number of benzene rings is 1. The third-order valence-corrected chi connectivity index (χ3v) is 4.30. The van der Waals surface area contributed by atoms with E-state index in [1.807, 2.05) is 30.3 Å². The summed E-state index contributed by atoms with van der Waals surface area (Å²) in [6, 6.07) is 9.72. The first-order chi connectivity index (χ1) is 12.1. The number of rotatable bonds is 5. The van der Waals surface area contributed by atoms with Gasteiger partial charge in [0.2, 0.25) is 5.91 Å². The monoisotopic (exact) mass is 338 g/mol. The number of aromatic nitrogens is 3. The molecule has 0 aliphatic heterocycles. The fourth-order valence-electron chi connectivity index (χ4n) is 2.78. The van der Waals surface area contributed by atoms with Gasteiger partial charge in [0.25, 0.3) is 0 Å². The quantitative estimate of drug-likeness (QED) is 0.741. The minimum Gasteiger partial charge on any atom is -0.497 e. The number of aromatic amines is 1. The van der Waals surface area contributed by atoms with E-state index < -0.39 is 0 Å². The average molecular weight is 338 g/mol. The van der Waals surface area contributed by atoms with Crippen molar-refractivity contribution in [3.63, 3.8) is 0 Å². The van der Waals surface area contributed by atoms with E-state index in [0.717, 1.165) is 29.7 Å². The van der Waals surface area contributed by atoms with Crippen LogP contribution in [0.4, 0.5) is 0 Å². The summed E-state index contributed by atoms with van der Waals surface area (Å²) in [5, 5.41) is 2.90. The van der Waals surface area contributed by atoms with Crippen molar-refractivity contribution < 1.29 is 9.53 Å². The molecule has 128 valence electrons. The number of carbonyl (C=O) groups is 1. The zero-order valence-electron chi connectivity index (χ0n) is 13.8.